The molecule has 1 aromatic heterocycles. The van der Waals surface area contributed by atoms with E-state index in [1.165, 1.54) is 23.5 Å². The Morgan fingerprint density at radius 2 is 1.81 bits per heavy atom. The Hall–Kier alpha value is -2.96. The van der Waals surface area contributed by atoms with Crippen LogP contribution >= 0.6 is 11.6 Å². The first-order valence-electron chi connectivity index (χ1n) is 10.0. The highest BCUT2D eigenvalue weighted by Crippen LogP contribution is 2.33. The van der Waals surface area contributed by atoms with Gasteiger partial charge >= 0.3 is 0 Å². The Morgan fingerprint density at radius 1 is 1.03 bits per heavy atom. The maximum atomic E-state index is 12.5. The third-order valence-corrected chi connectivity index (χ3v) is 5.55. The zero-order chi connectivity index (χ0) is 21.8. The van der Waals surface area contributed by atoms with Crippen molar-refractivity contribution in [3.05, 3.63) is 86.4 Å². The number of ether oxygens (including phenoxy) is 3. The molecule has 0 saturated carbocycles. The van der Waals surface area contributed by atoms with Crippen molar-refractivity contribution in [2.24, 2.45) is 0 Å². The minimum atomic E-state index is -0.202. The average molecular weight is 442 g/mol. The molecule has 0 unspecified atom stereocenters. The third-order valence-electron chi connectivity index (χ3n) is 5.31. The highest BCUT2D eigenvalue weighted by Gasteiger charge is 2.20. The Balaban J connectivity index is 1.41. The summed E-state index contributed by atoms with van der Waals surface area (Å²) in [5, 5.41) is 0.627. The summed E-state index contributed by atoms with van der Waals surface area (Å²) in [7, 11) is 3.28. The van der Waals surface area contributed by atoms with Crippen molar-refractivity contribution in [2.45, 2.75) is 26.1 Å². The summed E-state index contributed by atoms with van der Waals surface area (Å²) in [6, 6.07) is 12.9. The molecular weight excluding hydrogens is 418 g/mol. The number of fused-ring (bicyclic) bond motifs is 1. The fraction of sp³-hybridized carbons (Fsp3) is 0.292. The van der Waals surface area contributed by atoms with Crippen molar-refractivity contribution in [1.82, 2.24) is 4.90 Å². The van der Waals surface area contributed by atoms with Crippen molar-refractivity contribution in [3.63, 3.8) is 0 Å². The second-order valence-electron chi connectivity index (χ2n) is 7.43. The number of halogens is 1. The van der Waals surface area contributed by atoms with E-state index in [-0.39, 0.29) is 17.8 Å². The minimum absolute atomic E-state index is 0.185. The van der Waals surface area contributed by atoms with E-state index in [2.05, 4.69) is 4.90 Å². The van der Waals surface area contributed by atoms with E-state index in [1.807, 2.05) is 24.3 Å². The summed E-state index contributed by atoms with van der Waals surface area (Å²) >= 11 is 5.98. The Kier molecular flexibility index (Phi) is 6.49. The second kappa shape index (κ2) is 9.45. The van der Waals surface area contributed by atoms with Gasteiger partial charge in [0.05, 0.1) is 20.8 Å². The standard InChI is InChI=1S/C24H24ClNO5/c1-28-22-9-17-6-7-26(12-18(17)10-23(22)29-2)13-20-11-21(27)24(15-30-20)31-14-16-4-3-5-19(25)8-16/h3-5,8-11,15H,6-7,12-14H2,1-2H3. The van der Waals surface area contributed by atoms with Gasteiger partial charge < -0.3 is 18.6 Å². The average Bonchev–Trinajstić information content (AvgIpc) is 2.77. The molecule has 0 spiro atoms. The van der Waals surface area contributed by atoms with Gasteiger partial charge in [0.25, 0.3) is 0 Å². The Bertz CT molecular complexity index is 1130. The molecule has 0 aliphatic carbocycles. The largest absolute Gasteiger partial charge is 0.493 e. The first kappa shape index (κ1) is 21.3. The summed E-state index contributed by atoms with van der Waals surface area (Å²) in [5.41, 5.74) is 3.12. The van der Waals surface area contributed by atoms with Gasteiger partial charge in [0, 0.05) is 24.2 Å². The monoisotopic (exact) mass is 441 g/mol. The minimum Gasteiger partial charge on any atom is -0.493 e. The third kappa shape index (κ3) is 5.03. The van der Waals surface area contributed by atoms with Crippen molar-refractivity contribution < 1.29 is 18.6 Å². The first-order valence-corrected chi connectivity index (χ1v) is 10.4. The van der Waals surface area contributed by atoms with E-state index in [1.54, 1.807) is 26.4 Å². The van der Waals surface area contributed by atoms with Gasteiger partial charge in [0.2, 0.25) is 11.2 Å². The predicted octanol–water partition coefficient (Wildman–Crippen LogP) is 4.45. The molecule has 4 rings (SSSR count). The summed E-state index contributed by atoms with van der Waals surface area (Å²) in [5.74, 6) is 2.25. The van der Waals surface area contributed by atoms with E-state index >= 15 is 0 Å². The second-order valence-corrected chi connectivity index (χ2v) is 7.87. The smallest absolute Gasteiger partial charge is 0.227 e. The Labute approximate surface area is 185 Å². The van der Waals surface area contributed by atoms with Crippen molar-refractivity contribution >= 4 is 11.6 Å². The molecule has 2 aromatic carbocycles. The maximum Gasteiger partial charge on any atom is 0.227 e. The van der Waals surface area contributed by atoms with Crippen molar-refractivity contribution in [1.29, 1.82) is 0 Å². The molecule has 7 heteroatoms. The zero-order valence-corrected chi connectivity index (χ0v) is 18.3. The van der Waals surface area contributed by atoms with E-state index in [4.69, 9.17) is 30.2 Å². The normalized spacial score (nSPS) is 13.5. The topological polar surface area (TPSA) is 61.1 Å². The zero-order valence-electron chi connectivity index (χ0n) is 17.5. The summed E-state index contributed by atoms with van der Waals surface area (Å²) in [6.07, 6.45) is 2.27. The van der Waals surface area contributed by atoms with Gasteiger partial charge in [-0.25, -0.2) is 0 Å². The van der Waals surface area contributed by atoms with Gasteiger partial charge in [-0.15, -0.1) is 0 Å². The molecule has 0 atom stereocenters. The van der Waals surface area contributed by atoms with Crippen LogP contribution in [0.25, 0.3) is 0 Å². The SMILES string of the molecule is COc1cc2c(cc1OC)CN(Cc1cc(=O)c(OCc3cccc(Cl)c3)co1)CC2. The van der Waals surface area contributed by atoms with E-state index in [0.29, 0.717) is 17.3 Å². The van der Waals surface area contributed by atoms with E-state index < -0.39 is 0 Å². The van der Waals surface area contributed by atoms with Crippen LogP contribution in [0.1, 0.15) is 22.5 Å². The molecule has 162 valence electrons. The molecule has 0 amide bonds. The van der Waals surface area contributed by atoms with Crippen LogP contribution in [0.5, 0.6) is 17.2 Å². The van der Waals surface area contributed by atoms with Crippen LogP contribution in [-0.2, 0) is 26.1 Å². The highest BCUT2D eigenvalue weighted by atomic mass is 35.5. The predicted molar refractivity (Wildman–Crippen MR) is 118 cm³/mol. The van der Waals surface area contributed by atoms with Gasteiger partial charge in [-0.05, 0) is 47.4 Å². The van der Waals surface area contributed by atoms with Gasteiger partial charge in [0.1, 0.15) is 18.6 Å². The van der Waals surface area contributed by atoms with Crippen LogP contribution in [0.4, 0.5) is 0 Å². The van der Waals surface area contributed by atoms with Crippen LogP contribution in [0, 0.1) is 0 Å². The molecule has 31 heavy (non-hydrogen) atoms. The van der Waals surface area contributed by atoms with Crippen LogP contribution in [0.3, 0.4) is 0 Å². The summed E-state index contributed by atoms with van der Waals surface area (Å²) in [4.78, 5) is 14.7. The fourth-order valence-corrected chi connectivity index (χ4v) is 3.92. The first-order chi connectivity index (χ1) is 15.1. The quantitative estimate of drug-likeness (QED) is 0.540. The molecule has 0 bridgehead atoms. The molecule has 6 nitrogen and oxygen atoms in total. The lowest BCUT2D eigenvalue weighted by atomic mass is 9.98. The lowest BCUT2D eigenvalue weighted by Crippen LogP contribution is -2.30. The Morgan fingerprint density at radius 3 is 2.52 bits per heavy atom. The van der Waals surface area contributed by atoms with E-state index in [0.717, 1.165) is 36.6 Å². The van der Waals surface area contributed by atoms with Gasteiger partial charge in [-0.1, -0.05) is 23.7 Å². The van der Waals surface area contributed by atoms with Gasteiger partial charge in [-0.2, -0.15) is 0 Å². The molecule has 1 aliphatic rings. The van der Waals surface area contributed by atoms with Crippen LogP contribution in [0.15, 0.2) is 57.9 Å². The molecule has 0 saturated heterocycles. The number of benzene rings is 2. The highest BCUT2D eigenvalue weighted by molar-refractivity contribution is 6.30. The van der Waals surface area contributed by atoms with Gasteiger partial charge in [0.15, 0.2) is 11.5 Å². The molecular formula is C24H24ClNO5. The molecule has 0 fully saturated rings. The van der Waals surface area contributed by atoms with Gasteiger partial charge in [-0.3, -0.25) is 9.69 Å². The lowest BCUT2D eigenvalue weighted by molar-refractivity contribution is 0.219. The molecule has 0 N–H and O–H groups in total. The number of nitrogens with zero attached hydrogens (tertiary/aromatic N) is 1. The summed E-state index contributed by atoms with van der Waals surface area (Å²) in [6.45, 7) is 2.39. The number of hydrogen-bond acceptors (Lipinski definition) is 6. The molecule has 1 aliphatic heterocycles. The van der Waals surface area contributed by atoms with Crippen LogP contribution in [-0.4, -0.2) is 25.7 Å². The number of hydrogen-bond donors (Lipinski definition) is 0. The maximum absolute atomic E-state index is 12.5. The van der Waals surface area contributed by atoms with Crippen molar-refractivity contribution in [2.75, 3.05) is 20.8 Å². The van der Waals surface area contributed by atoms with Crippen LogP contribution < -0.4 is 19.6 Å². The van der Waals surface area contributed by atoms with Crippen molar-refractivity contribution in [3.8, 4) is 17.2 Å². The fourth-order valence-electron chi connectivity index (χ4n) is 3.71. The molecule has 0 radical (unpaired) electrons. The number of rotatable bonds is 7. The summed E-state index contributed by atoms with van der Waals surface area (Å²) < 4.78 is 22.1. The van der Waals surface area contributed by atoms with Crippen LogP contribution in [0.2, 0.25) is 5.02 Å². The number of methoxy groups -OCH3 is 2. The molecule has 3 aromatic rings. The lowest BCUT2D eigenvalue weighted by Gasteiger charge is -2.29. The van der Waals surface area contributed by atoms with E-state index in [9.17, 15) is 4.79 Å². The molecule has 2 heterocycles.